The Balaban J connectivity index is 1.53. The number of piperidine rings is 1. The number of hydrogen-bond acceptors (Lipinski definition) is 4. The number of rotatable bonds is 2. The number of nitrogens with zero attached hydrogens (tertiary/aromatic N) is 2. The van der Waals surface area contributed by atoms with E-state index < -0.39 is 0 Å². The number of likely N-dealkylation sites (tertiary alicyclic amines) is 1. The maximum absolute atomic E-state index is 12.8. The lowest BCUT2D eigenvalue weighted by molar-refractivity contribution is 0.0365. The Morgan fingerprint density at radius 3 is 2.80 bits per heavy atom. The molecule has 2 heterocycles. The lowest BCUT2D eigenvalue weighted by Crippen LogP contribution is -2.49. The minimum Gasteiger partial charge on any atom is -0.481 e. The second-order valence-electron chi connectivity index (χ2n) is 6.91. The van der Waals surface area contributed by atoms with Crippen LogP contribution in [0.25, 0.3) is 0 Å². The first-order valence-corrected chi connectivity index (χ1v) is 8.70. The van der Waals surface area contributed by atoms with Crippen LogP contribution in [-0.4, -0.2) is 47.2 Å². The van der Waals surface area contributed by atoms with Crippen LogP contribution in [0.1, 0.15) is 34.3 Å². The number of carbonyl (C=O) groups excluding carboxylic acids is 1. The van der Waals surface area contributed by atoms with Crippen LogP contribution >= 0.6 is 0 Å². The fourth-order valence-corrected chi connectivity index (χ4v) is 4.32. The summed E-state index contributed by atoms with van der Waals surface area (Å²) >= 11 is 0. The van der Waals surface area contributed by atoms with Crippen LogP contribution in [0.4, 0.5) is 0 Å². The van der Waals surface area contributed by atoms with Crippen LogP contribution in [0, 0.1) is 0 Å². The number of fused-ring (bicyclic) bond motifs is 2. The van der Waals surface area contributed by atoms with E-state index in [2.05, 4.69) is 17.1 Å². The first kappa shape index (κ1) is 16.1. The maximum atomic E-state index is 12.8. The molecule has 1 fully saturated rings. The molecule has 1 aliphatic heterocycles. The van der Waals surface area contributed by atoms with Crippen molar-refractivity contribution in [1.82, 2.24) is 9.88 Å². The van der Waals surface area contributed by atoms with Gasteiger partial charge in [-0.25, -0.2) is 4.98 Å². The molecule has 1 spiro atoms. The number of amides is 1. The Hall–Kier alpha value is -2.40. The third-order valence-electron chi connectivity index (χ3n) is 5.74. The quantitative estimate of drug-likeness (QED) is 0.912. The summed E-state index contributed by atoms with van der Waals surface area (Å²) in [4.78, 5) is 18.7. The van der Waals surface area contributed by atoms with Crippen LogP contribution in [0.15, 0.2) is 42.6 Å². The number of aliphatic hydroxyl groups is 1. The molecule has 1 atom stereocenters. The van der Waals surface area contributed by atoms with Gasteiger partial charge in [0.15, 0.2) is 0 Å². The first-order valence-electron chi connectivity index (χ1n) is 8.70. The summed E-state index contributed by atoms with van der Waals surface area (Å²) in [6.07, 6.45) is 3.53. The van der Waals surface area contributed by atoms with E-state index in [-0.39, 0.29) is 17.4 Å². The smallest absolute Gasteiger partial charge is 0.254 e. The molecule has 1 N–H and O–H groups in total. The zero-order chi connectivity index (χ0) is 17.4. The zero-order valence-electron chi connectivity index (χ0n) is 14.3. The van der Waals surface area contributed by atoms with Gasteiger partial charge in [0.2, 0.25) is 5.88 Å². The predicted octanol–water partition coefficient (Wildman–Crippen LogP) is 2.18. The lowest BCUT2D eigenvalue weighted by atomic mass is 9.72. The van der Waals surface area contributed by atoms with E-state index in [1.807, 2.05) is 17.0 Å². The molecule has 0 radical (unpaired) electrons. The predicted molar refractivity (Wildman–Crippen MR) is 93.8 cm³/mol. The standard InChI is InChI=1S/C20H22N2O3/c1-25-18-13-15(6-9-21-18)19(24)22-10-7-20(8-11-22)16-5-3-2-4-14(16)12-17(20)23/h2-6,9,13,17,23H,7-8,10-12H2,1H3. The van der Waals surface area contributed by atoms with E-state index in [1.165, 1.54) is 11.1 Å². The number of methoxy groups -OCH3 is 1. The Morgan fingerprint density at radius 2 is 2.04 bits per heavy atom. The second kappa shape index (κ2) is 6.15. The molecule has 1 aliphatic carbocycles. The Bertz CT molecular complexity index is 797. The van der Waals surface area contributed by atoms with Gasteiger partial charge >= 0.3 is 0 Å². The van der Waals surface area contributed by atoms with Gasteiger partial charge in [-0.05, 0) is 36.5 Å². The van der Waals surface area contributed by atoms with Crippen molar-refractivity contribution in [2.75, 3.05) is 20.2 Å². The molecule has 1 amide bonds. The van der Waals surface area contributed by atoms with Gasteiger partial charge in [-0.3, -0.25) is 4.79 Å². The van der Waals surface area contributed by atoms with Gasteiger partial charge in [0.05, 0.1) is 13.2 Å². The van der Waals surface area contributed by atoms with Crippen molar-refractivity contribution in [3.05, 3.63) is 59.3 Å². The van der Waals surface area contributed by atoms with Gasteiger partial charge in [0, 0.05) is 36.3 Å². The average Bonchev–Trinajstić information content (AvgIpc) is 2.93. The highest BCUT2D eigenvalue weighted by Gasteiger charge is 2.48. The van der Waals surface area contributed by atoms with E-state index in [9.17, 15) is 9.90 Å². The highest BCUT2D eigenvalue weighted by atomic mass is 16.5. The van der Waals surface area contributed by atoms with Gasteiger partial charge in [-0.1, -0.05) is 24.3 Å². The van der Waals surface area contributed by atoms with Gasteiger partial charge in [-0.15, -0.1) is 0 Å². The van der Waals surface area contributed by atoms with Crippen molar-refractivity contribution < 1.29 is 14.6 Å². The summed E-state index contributed by atoms with van der Waals surface area (Å²) in [6, 6.07) is 11.7. The summed E-state index contributed by atoms with van der Waals surface area (Å²) in [5.74, 6) is 0.441. The Kier molecular flexibility index (Phi) is 3.96. The van der Waals surface area contributed by atoms with Gasteiger partial charge < -0.3 is 14.7 Å². The highest BCUT2D eigenvalue weighted by molar-refractivity contribution is 5.94. The molecule has 5 heteroatoms. The number of hydrogen-bond donors (Lipinski definition) is 1. The fraction of sp³-hybridized carbons (Fsp3) is 0.400. The van der Waals surface area contributed by atoms with Crippen molar-refractivity contribution in [3.63, 3.8) is 0 Å². The third-order valence-corrected chi connectivity index (χ3v) is 5.74. The summed E-state index contributed by atoms with van der Waals surface area (Å²) in [6.45, 7) is 1.30. The Morgan fingerprint density at radius 1 is 1.28 bits per heavy atom. The molecule has 5 nitrogen and oxygen atoms in total. The second-order valence-corrected chi connectivity index (χ2v) is 6.91. The SMILES string of the molecule is COc1cc(C(=O)N2CCC3(CC2)c2ccccc2CC3O)ccn1. The van der Waals surface area contributed by atoms with Crippen molar-refractivity contribution >= 4 is 5.91 Å². The summed E-state index contributed by atoms with van der Waals surface area (Å²) in [5.41, 5.74) is 2.90. The first-order chi connectivity index (χ1) is 12.1. The van der Waals surface area contributed by atoms with Crippen LogP contribution in [0.5, 0.6) is 5.88 Å². The van der Waals surface area contributed by atoms with Crippen LogP contribution in [-0.2, 0) is 11.8 Å². The molecule has 0 saturated carbocycles. The van der Waals surface area contributed by atoms with Crippen molar-refractivity contribution in [2.24, 2.45) is 0 Å². The van der Waals surface area contributed by atoms with Crippen LogP contribution in [0.3, 0.4) is 0 Å². The normalized spacial score (nSPS) is 21.2. The largest absolute Gasteiger partial charge is 0.481 e. The van der Waals surface area contributed by atoms with Crippen molar-refractivity contribution in [2.45, 2.75) is 30.8 Å². The third kappa shape index (κ3) is 2.59. The Labute approximate surface area is 147 Å². The minimum atomic E-state index is -0.358. The molecular formula is C20H22N2O3. The van der Waals surface area contributed by atoms with E-state index in [0.717, 1.165) is 12.8 Å². The number of pyridine rings is 1. The lowest BCUT2D eigenvalue weighted by Gasteiger charge is -2.42. The average molecular weight is 338 g/mol. The van der Waals surface area contributed by atoms with Gasteiger partial charge in [-0.2, -0.15) is 0 Å². The van der Waals surface area contributed by atoms with E-state index in [4.69, 9.17) is 4.74 Å². The molecule has 1 aromatic heterocycles. The number of ether oxygens (including phenoxy) is 1. The summed E-state index contributed by atoms with van der Waals surface area (Å²) in [5, 5.41) is 10.7. The molecule has 4 rings (SSSR count). The molecule has 0 bridgehead atoms. The molecule has 1 saturated heterocycles. The topological polar surface area (TPSA) is 62.7 Å². The van der Waals surface area contributed by atoms with Crippen LogP contribution < -0.4 is 4.74 Å². The molecule has 1 aromatic carbocycles. The van der Waals surface area contributed by atoms with E-state index in [0.29, 0.717) is 31.0 Å². The number of aliphatic hydroxyl groups excluding tert-OH is 1. The van der Waals surface area contributed by atoms with E-state index >= 15 is 0 Å². The van der Waals surface area contributed by atoms with Gasteiger partial charge in [0.1, 0.15) is 0 Å². The molecule has 25 heavy (non-hydrogen) atoms. The number of aromatic nitrogens is 1. The van der Waals surface area contributed by atoms with Gasteiger partial charge in [0.25, 0.3) is 5.91 Å². The molecule has 2 aromatic rings. The maximum Gasteiger partial charge on any atom is 0.254 e. The summed E-state index contributed by atoms with van der Waals surface area (Å²) < 4.78 is 5.11. The molecule has 2 aliphatic rings. The molecule has 130 valence electrons. The molecule has 1 unspecified atom stereocenters. The highest BCUT2D eigenvalue weighted by Crippen LogP contribution is 2.46. The number of carbonyl (C=O) groups is 1. The van der Waals surface area contributed by atoms with Crippen molar-refractivity contribution in [3.8, 4) is 5.88 Å². The van der Waals surface area contributed by atoms with E-state index in [1.54, 1.807) is 25.4 Å². The van der Waals surface area contributed by atoms with Crippen LogP contribution in [0.2, 0.25) is 0 Å². The zero-order valence-corrected chi connectivity index (χ0v) is 14.3. The summed E-state index contributed by atoms with van der Waals surface area (Å²) in [7, 11) is 1.54. The number of benzene rings is 1. The monoisotopic (exact) mass is 338 g/mol. The minimum absolute atomic E-state index is 0.00341. The molecular weight excluding hydrogens is 316 g/mol. The van der Waals surface area contributed by atoms with Crippen molar-refractivity contribution in [1.29, 1.82) is 0 Å². The fourth-order valence-electron chi connectivity index (χ4n) is 4.32.